The molecule has 0 aliphatic carbocycles. The van der Waals surface area contributed by atoms with E-state index in [0.29, 0.717) is 0 Å². The fourth-order valence-corrected chi connectivity index (χ4v) is 4.63. The Hall–Kier alpha value is -1.76. The number of piperidine rings is 2. The molecule has 2 aliphatic rings. The summed E-state index contributed by atoms with van der Waals surface area (Å²) < 4.78 is 0. The van der Waals surface area contributed by atoms with Gasteiger partial charge in [-0.25, -0.2) is 0 Å². The highest BCUT2D eigenvalue weighted by atomic mass is 15.2. The van der Waals surface area contributed by atoms with E-state index < -0.39 is 0 Å². The van der Waals surface area contributed by atoms with Gasteiger partial charge in [-0.05, 0) is 62.1 Å². The number of hydrogen-bond acceptors (Lipinski definition) is 1. The zero-order valence-corrected chi connectivity index (χ0v) is 13.2. The minimum atomic E-state index is 0.753. The second-order valence-corrected chi connectivity index (χ2v) is 7.01. The monoisotopic (exact) mass is 291 g/mol. The molecule has 2 fully saturated rings. The molecule has 2 heterocycles. The van der Waals surface area contributed by atoms with Gasteiger partial charge in [0.1, 0.15) is 0 Å². The number of rotatable bonds is 3. The average Bonchev–Trinajstić information content (AvgIpc) is 2.56. The quantitative estimate of drug-likeness (QED) is 0.763. The molecule has 0 radical (unpaired) electrons. The predicted octanol–water partition coefficient (Wildman–Crippen LogP) is 5.07. The third-order valence-electron chi connectivity index (χ3n) is 5.49. The van der Waals surface area contributed by atoms with Crippen molar-refractivity contribution in [3.63, 3.8) is 0 Å². The van der Waals surface area contributed by atoms with Crippen LogP contribution in [0.15, 0.2) is 60.7 Å². The van der Waals surface area contributed by atoms with Crippen molar-refractivity contribution in [1.82, 2.24) is 0 Å². The Morgan fingerprint density at radius 2 is 1.36 bits per heavy atom. The van der Waals surface area contributed by atoms with E-state index in [-0.39, 0.29) is 0 Å². The van der Waals surface area contributed by atoms with Crippen molar-refractivity contribution in [2.24, 2.45) is 5.92 Å². The van der Waals surface area contributed by atoms with E-state index in [2.05, 4.69) is 65.6 Å². The van der Waals surface area contributed by atoms with Gasteiger partial charge in [-0.1, -0.05) is 48.5 Å². The van der Waals surface area contributed by atoms with Gasteiger partial charge >= 0.3 is 0 Å². The van der Waals surface area contributed by atoms with Crippen LogP contribution in [0.25, 0.3) is 0 Å². The van der Waals surface area contributed by atoms with E-state index in [1.54, 1.807) is 0 Å². The first-order valence-corrected chi connectivity index (χ1v) is 8.77. The smallest absolute Gasteiger partial charge is 0.0371 e. The number of hydrogen-bond donors (Lipinski definition) is 0. The van der Waals surface area contributed by atoms with Crippen LogP contribution in [0.4, 0.5) is 5.69 Å². The summed E-state index contributed by atoms with van der Waals surface area (Å²) in [5.41, 5.74) is 2.95. The molecule has 0 saturated carbocycles. The third-order valence-corrected chi connectivity index (χ3v) is 5.49. The highest BCUT2D eigenvalue weighted by Crippen LogP contribution is 2.40. The summed E-state index contributed by atoms with van der Waals surface area (Å²) in [6.07, 6.45) is 8.14. The molecular formula is C21H25N. The van der Waals surface area contributed by atoms with Crippen molar-refractivity contribution < 1.29 is 0 Å². The lowest BCUT2D eigenvalue weighted by Crippen LogP contribution is -2.52. The molecule has 0 unspecified atom stereocenters. The maximum absolute atomic E-state index is 2.74. The molecule has 0 N–H and O–H groups in total. The third kappa shape index (κ3) is 2.77. The maximum Gasteiger partial charge on any atom is 0.0371 e. The largest absolute Gasteiger partial charge is 0.366 e. The molecular weight excluding hydrogens is 266 g/mol. The van der Waals surface area contributed by atoms with Gasteiger partial charge in [0.25, 0.3) is 0 Å². The van der Waals surface area contributed by atoms with Crippen LogP contribution in [0.3, 0.4) is 0 Å². The minimum absolute atomic E-state index is 0.753. The summed E-state index contributed by atoms with van der Waals surface area (Å²) in [7, 11) is 0. The molecule has 0 amide bonds. The number of fused-ring (bicyclic) bond motifs is 2. The number of benzene rings is 2. The topological polar surface area (TPSA) is 3.24 Å². The first-order chi connectivity index (χ1) is 10.9. The normalized spacial score (nSPS) is 27.6. The van der Waals surface area contributed by atoms with Crippen molar-refractivity contribution in [2.75, 3.05) is 4.90 Å². The van der Waals surface area contributed by atoms with Crippen LogP contribution in [0.5, 0.6) is 0 Å². The first kappa shape index (κ1) is 13.9. The lowest BCUT2D eigenvalue weighted by Gasteiger charge is -2.50. The summed E-state index contributed by atoms with van der Waals surface area (Å²) >= 11 is 0. The average molecular weight is 291 g/mol. The summed E-state index contributed by atoms with van der Waals surface area (Å²) in [5.74, 6) is 0.859. The van der Waals surface area contributed by atoms with Gasteiger partial charge in [-0.15, -0.1) is 0 Å². The number of para-hydroxylation sites is 1. The van der Waals surface area contributed by atoms with Gasteiger partial charge in [0.05, 0.1) is 0 Å². The van der Waals surface area contributed by atoms with Gasteiger partial charge in [0.2, 0.25) is 0 Å². The molecule has 114 valence electrons. The molecule has 2 bridgehead atoms. The van der Waals surface area contributed by atoms with Crippen LogP contribution in [-0.2, 0) is 6.42 Å². The van der Waals surface area contributed by atoms with E-state index >= 15 is 0 Å². The molecule has 3 atom stereocenters. The molecule has 4 rings (SSSR count). The first-order valence-electron chi connectivity index (χ1n) is 8.77. The van der Waals surface area contributed by atoms with Gasteiger partial charge in [-0.3, -0.25) is 0 Å². The lowest BCUT2D eigenvalue weighted by molar-refractivity contribution is 0.228. The van der Waals surface area contributed by atoms with Gasteiger partial charge in [-0.2, -0.15) is 0 Å². The van der Waals surface area contributed by atoms with Crippen LogP contribution in [0.2, 0.25) is 0 Å². The van der Waals surface area contributed by atoms with Crippen LogP contribution < -0.4 is 4.90 Å². The zero-order chi connectivity index (χ0) is 14.8. The Balaban J connectivity index is 1.51. The highest BCUT2D eigenvalue weighted by Gasteiger charge is 2.38. The lowest BCUT2D eigenvalue weighted by atomic mass is 9.76. The van der Waals surface area contributed by atoms with Crippen molar-refractivity contribution in [1.29, 1.82) is 0 Å². The maximum atomic E-state index is 2.74. The predicted molar refractivity (Wildman–Crippen MR) is 93.2 cm³/mol. The molecule has 0 aromatic heterocycles. The van der Waals surface area contributed by atoms with Crippen molar-refractivity contribution in [3.8, 4) is 0 Å². The van der Waals surface area contributed by atoms with E-state index in [9.17, 15) is 0 Å². The molecule has 2 aromatic carbocycles. The van der Waals surface area contributed by atoms with Crippen LogP contribution in [-0.4, -0.2) is 12.1 Å². The van der Waals surface area contributed by atoms with E-state index in [4.69, 9.17) is 0 Å². The molecule has 2 saturated heterocycles. The van der Waals surface area contributed by atoms with Crippen LogP contribution in [0, 0.1) is 5.92 Å². The number of nitrogens with zero attached hydrogens (tertiary/aromatic N) is 1. The SMILES string of the molecule is c1ccc(C[C@H]2C[C@H]3CCC[C@@H](C2)N3c2ccccc2)cc1. The summed E-state index contributed by atoms with van der Waals surface area (Å²) in [6.45, 7) is 0. The number of anilines is 1. The van der Waals surface area contributed by atoms with Crippen molar-refractivity contribution in [3.05, 3.63) is 66.2 Å². The van der Waals surface area contributed by atoms with Crippen LogP contribution >= 0.6 is 0 Å². The zero-order valence-electron chi connectivity index (χ0n) is 13.2. The Morgan fingerprint density at radius 3 is 2.00 bits per heavy atom. The standard InChI is InChI=1S/C21H25N/c1-3-8-17(9-4-1)14-18-15-20-12-7-13-21(16-18)22(20)19-10-5-2-6-11-19/h1-6,8-11,18,20-21H,7,12-16H2/t18-,20+,21-. The van der Waals surface area contributed by atoms with Crippen molar-refractivity contribution in [2.45, 2.75) is 50.6 Å². The van der Waals surface area contributed by atoms with Gasteiger partial charge in [0, 0.05) is 17.8 Å². The summed E-state index contributed by atoms with van der Waals surface area (Å²) in [4.78, 5) is 2.74. The second kappa shape index (κ2) is 6.16. The van der Waals surface area contributed by atoms with Crippen molar-refractivity contribution >= 4 is 5.69 Å². The molecule has 1 nitrogen and oxygen atoms in total. The van der Waals surface area contributed by atoms with E-state index in [1.807, 2.05) is 0 Å². The Morgan fingerprint density at radius 1 is 0.773 bits per heavy atom. The highest BCUT2D eigenvalue weighted by molar-refractivity contribution is 5.49. The molecule has 2 aliphatic heterocycles. The minimum Gasteiger partial charge on any atom is -0.366 e. The Labute approximate surface area is 134 Å². The second-order valence-electron chi connectivity index (χ2n) is 7.01. The summed E-state index contributed by atoms with van der Waals surface area (Å²) in [6, 6.07) is 23.6. The fourth-order valence-electron chi connectivity index (χ4n) is 4.63. The Bertz CT molecular complexity index is 578. The molecule has 22 heavy (non-hydrogen) atoms. The summed E-state index contributed by atoms with van der Waals surface area (Å²) in [5, 5.41) is 0. The molecule has 1 heteroatoms. The van der Waals surface area contributed by atoms with E-state index in [0.717, 1.165) is 18.0 Å². The molecule has 0 spiro atoms. The van der Waals surface area contributed by atoms with Gasteiger partial charge in [0.15, 0.2) is 0 Å². The Kier molecular flexibility index (Phi) is 3.88. The van der Waals surface area contributed by atoms with Crippen LogP contribution in [0.1, 0.15) is 37.7 Å². The van der Waals surface area contributed by atoms with E-state index in [1.165, 1.54) is 49.8 Å². The fraction of sp³-hybridized carbons (Fsp3) is 0.429. The molecule has 2 aromatic rings. The van der Waals surface area contributed by atoms with Gasteiger partial charge < -0.3 is 4.90 Å².